The summed E-state index contributed by atoms with van der Waals surface area (Å²) in [6.07, 6.45) is 0. The molecule has 1 aromatic heterocycles. The number of benzene rings is 8. The molecule has 0 bridgehead atoms. The smallest absolute Gasteiger partial charge is 0.333 e. The van der Waals surface area contributed by atoms with Crippen LogP contribution in [0, 0.1) is 0 Å². The number of rotatable bonds is 2. The van der Waals surface area contributed by atoms with Crippen LogP contribution in [-0.4, -0.2) is 6.85 Å². The molecule has 0 aliphatic carbocycles. The molecule has 0 radical (unpaired) electrons. The number of thiophene rings is 1. The van der Waals surface area contributed by atoms with Crippen molar-refractivity contribution in [3.8, 4) is 22.3 Å². The van der Waals surface area contributed by atoms with Crippen molar-refractivity contribution < 1.29 is 0 Å². The Hall–Kier alpha value is -6.10. The van der Waals surface area contributed by atoms with Gasteiger partial charge in [-0.25, -0.2) is 0 Å². The zero-order valence-electron chi connectivity index (χ0n) is 32.9. The number of para-hydroxylation sites is 1. The first-order chi connectivity index (χ1) is 27.7. The molecule has 12 rings (SSSR count). The van der Waals surface area contributed by atoms with Gasteiger partial charge in [-0.15, -0.1) is 11.3 Å². The molecule has 8 aromatic carbocycles. The third-order valence-electron chi connectivity index (χ3n) is 13.1. The maximum Gasteiger partial charge on any atom is 0.333 e. The Morgan fingerprint density at radius 1 is 0.544 bits per heavy atom. The second-order valence-corrected chi connectivity index (χ2v) is 18.8. The molecular weight excluding hydrogens is 707 g/mol. The van der Waals surface area contributed by atoms with Gasteiger partial charge in [0.05, 0.1) is 10.4 Å². The lowest BCUT2D eigenvalue weighted by Crippen LogP contribution is -2.62. The van der Waals surface area contributed by atoms with E-state index in [1.165, 1.54) is 109 Å². The quantitative estimate of drug-likeness (QED) is 0.162. The second kappa shape index (κ2) is 11.5. The Labute approximate surface area is 338 Å². The van der Waals surface area contributed by atoms with E-state index in [2.05, 4.69) is 202 Å². The van der Waals surface area contributed by atoms with E-state index in [0.29, 0.717) is 0 Å². The van der Waals surface area contributed by atoms with Gasteiger partial charge >= 0.3 is 6.85 Å². The van der Waals surface area contributed by atoms with Crippen LogP contribution < -0.4 is 20.6 Å². The van der Waals surface area contributed by atoms with E-state index in [1.807, 2.05) is 11.3 Å². The predicted molar refractivity (Wildman–Crippen MR) is 247 cm³/mol. The van der Waals surface area contributed by atoms with Crippen LogP contribution in [-0.2, 0) is 10.8 Å². The first-order valence-corrected chi connectivity index (χ1v) is 21.0. The number of anilines is 5. The van der Waals surface area contributed by atoms with Gasteiger partial charge in [0.2, 0.25) is 0 Å². The van der Waals surface area contributed by atoms with Gasteiger partial charge in [0, 0.05) is 49.2 Å². The van der Waals surface area contributed by atoms with Gasteiger partial charge in [-0.3, -0.25) is 0 Å². The number of nitrogens with zero attached hydrogens (tertiary/aromatic N) is 2. The van der Waals surface area contributed by atoms with Gasteiger partial charge in [0.15, 0.2) is 0 Å². The fourth-order valence-corrected chi connectivity index (χ4v) is 11.5. The monoisotopic (exact) mass is 748 g/mol. The molecule has 3 aliphatic rings. The van der Waals surface area contributed by atoms with Crippen LogP contribution in [0.5, 0.6) is 0 Å². The summed E-state index contributed by atoms with van der Waals surface area (Å²) in [5.41, 5.74) is 18.0. The molecule has 0 atom stereocenters. The molecule has 57 heavy (non-hydrogen) atoms. The Kier molecular flexibility index (Phi) is 6.67. The van der Waals surface area contributed by atoms with Crippen molar-refractivity contribution in [2.45, 2.75) is 45.4 Å². The van der Waals surface area contributed by atoms with E-state index in [1.54, 1.807) is 0 Å². The zero-order chi connectivity index (χ0) is 38.4. The average molecular weight is 749 g/mol. The normalized spacial score (nSPS) is 14.8. The molecule has 9 aromatic rings. The van der Waals surface area contributed by atoms with Crippen LogP contribution in [0.3, 0.4) is 0 Å². The maximum atomic E-state index is 2.72. The second-order valence-electron chi connectivity index (χ2n) is 17.7. The van der Waals surface area contributed by atoms with Crippen molar-refractivity contribution in [3.63, 3.8) is 0 Å². The number of fused-ring (bicyclic) bond motifs is 10. The summed E-state index contributed by atoms with van der Waals surface area (Å²) in [6, 6.07) is 59.9. The first kappa shape index (κ1) is 33.1. The topological polar surface area (TPSA) is 6.48 Å². The molecular formula is C53H41BN2S. The standard InChI is InChI=1S/C53H41BN2S/c1-52(2,3)36-30-40-37-26-25-35(32-15-7-6-8-16-32)28-45(37)56(44-23-13-20-39-38-19-11-12-24-48(38)57-51(39)44)54-43-22-14-21-41-50(43)55(47(31-36)49(40)54)46-29-34-18-10-9-17-33(34)27-42(46)53(41,4)5/h6-31H,1-5H3. The molecule has 0 spiro atoms. The van der Waals surface area contributed by atoms with Gasteiger partial charge in [-0.1, -0.05) is 156 Å². The van der Waals surface area contributed by atoms with Gasteiger partial charge in [-0.2, -0.15) is 0 Å². The van der Waals surface area contributed by atoms with Crippen molar-refractivity contribution in [3.05, 3.63) is 174 Å². The summed E-state index contributed by atoms with van der Waals surface area (Å²) >= 11 is 1.92. The highest BCUT2D eigenvalue weighted by atomic mass is 32.1. The molecule has 0 amide bonds. The summed E-state index contributed by atoms with van der Waals surface area (Å²) in [5.74, 6) is 0. The van der Waals surface area contributed by atoms with Crippen molar-refractivity contribution in [2.24, 2.45) is 0 Å². The lowest BCUT2D eigenvalue weighted by Gasteiger charge is -2.51. The molecule has 2 nitrogen and oxygen atoms in total. The first-order valence-electron chi connectivity index (χ1n) is 20.2. The highest BCUT2D eigenvalue weighted by molar-refractivity contribution is 7.26. The average Bonchev–Trinajstić information content (AvgIpc) is 3.62. The third-order valence-corrected chi connectivity index (χ3v) is 14.3. The molecule has 272 valence electrons. The summed E-state index contributed by atoms with van der Waals surface area (Å²) in [6.45, 7) is 11.9. The SMILES string of the molecule is CC(C)(C)c1cc2c3c(c1)N1c4cc5ccccc5cc4C(C)(C)c4cccc(c41)B3N(c1cccc3c1sc1ccccc13)c1cc(-c3ccccc3)ccc1-2. The van der Waals surface area contributed by atoms with Crippen LogP contribution in [0.4, 0.5) is 28.4 Å². The van der Waals surface area contributed by atoms with Crippen molar-refractivity contribution >= 4 is 88.5 Å². The molecule has 0 fully saturated rings. The van der Waals surface area contributed by atoms with Gasteiger partial charge < -0.3 is 9.71 Å². The van der Waals surface area contributed by atoms with Crippen LogP contribution in [0.25, 0.3) is 53.2 Å². The Morgan fingerprint density at radius 2 is 1.28 bits per heavy atom. The van der Waals surface area contributed by atoms with E-state index < -0.39 is 0 Å². The van der Waals surface area contributed by atoms with Crippen LogP contribution in [0.2, 0.25) is 0 Å². The minimum atomic E-state index is -0.216. The number of hydrogen-bond acceptors (Lipinski definition) is 3. The largest absolute Gasteiger partial charge is 0.375 e. The Bertz CT molecular complexity index is 3170. The van der Waals surface area contributed by atoms with Crippen molar-refractivity contribution in [1.82, 2.24) is 0 Å². The molecule has 4 heteroatoms. The van der Waals surface area contributed by atoms with Crippen LogP contribution >= 0.6 is 11.3 Å². The fraction of sp³-hybridized carbons (Fsp3) is 0.132. The van der Waals surface area contributed by atoms with Gasteiger partial charge in [-0.05, 0) is 96.9 Å². The summed E-state index contributed by atoms with van der Waals surface area (Å²) < 4.78 is 2.65. The number of hydrogen-bond donors (Lipinski definition) is 0. The van der Waals surface area contributed by atoms with Crippen LogP contribution in [0.1, 0.15) is 51.3 Å². The summed E-state index contributed by atoms with van der Waals surface area (Å²) in [4.78, 5) is 5.38. The van der Waals surface area contributed by atoms with E-state index in [0.717, 1.165) is 0 Å². The van der Waals surface area contributed by atoms with E-state index in [9.17, 15) is 0 Å². The van der Waals surface area contributed by atoms with Crippen LogP contribution in [0.15, 0.2) is 158 Å². The molecule has 0 saturated heterocycles. The van der Waals surface area contributed by atoms with E-state index in [4.69, 9.17) is 0 Å². The predicted octanol–water partition coefficient (Wildman–Crippen LogP) is 13.5. The van der Waals surface area contributed by atoms with Gasteiger partial charge in [0.1, 0.15) is 0 Å². The zero-order valence-corrected chi connectivity index (χ0v) is 33.7. The van der Waals surface area contributed by atoms with E-state index >= 15 is 0 Å². The Morgan fingerprint density at radius 3 is 2.11 bits per heavy atom. The Balaban J connectivity index is 1.24. The highest BCUT2D eigenvalue weighted by Gasteiger charge is 2.50. The highest BCUT2D eigenvalue weighted by Crippen LogP contribution is 2.57. The minimum absolute atomic E-state index is 0.0534. The minimum Gasteiger partial charge on any atom is -0.375 e. The van der Waals surface area contributed by atoms with Crippen molar-refractivity contribution in [2.75, 3.05) is 9.71 Å². The molecule has 0 unspecified atom stereocenters. The molecule has 4 heterocycles. The molecule has 3 aliphatic heterocycles. The fourth-order valence-electron chi connectivity index (χ4n) is 10.3. The van der Waals surface area contributed by atoms with E-state index in [-0.39, 0.29) is 17.7 Å². The molecule has 0 N–H and O–H groups in total. The lowest BCUT2D eigenvalue weighted by molar-refractivity contribution is 0.590. The van der Waals surface area contributed by atoms with Gasteiger partial charge in [0.25, 0.3) is 0 Å². The lowest BCUT2D eigenvalue weighted by atomic mass is 9.42. The van der Waals surface area contributed by atoms with Crippen molar-refractivity contribution in [1.29, 1.82) is 0 Å². The molecule has 0 saturated carbocycles. The maximum absolute atomic E-state index is 2.72. The summed E-state index contributed by atoms with van der Waals surface area (Å²) in [7, 11) is 0. The third kappa shape index (κ3) is 4.54. The summed E-state index contributed by atoms with van der Waals surface area (Å²) in [5, 5.41) is 5.20.